The monoisotopic (exact) mass is 1400 g/mol. The number of aliphatic hydroxyl groups excluding tert-OH is 11. The van der Waals surface area contributed by atoms with Gasteiger partial charge in [0.2, 0.25) is 24.6 Å². The van der Waals surface area contributed by atoms with Crippen LogP contribution in [0.5, 0.6) is 51.7 Å². The number of aliphatic hydroxyl groups is 11. The summed E-state index contributed by atoms with van der Waals surface area (Å²) < 4.78 is 73.8. The Morgan fingerprint density at radius 3 is 1.28 bits per heavy atom. The van der Waals surface area contributed by atoms with Crippen molar-refractivity contribution < 1.29 is 177 Å². The van der Waals surface area contributed by atoms with Gasteiger partial charge in [0.05, 0.1) is 28.3 Å². The summed E-state index contributed by atoms with van der Waals surface area (Å²) in [5.74, 6) is -11.5. The standard InChI is InChI=1S/C63H64O36/c64-27-7-1-23(2-8-27)57(84)88-20-38-45(74)48(77)52(81)60(95-38)91-29-11-5-25(6-12-29)59(86)90-22-40-47(76)51(80)56(99-62-54(83)50(79)46(75)39(97-62)21-89-58(85)24-3-9-28(65)10-4-24)63(98-40)92-30-15-32(66)31-17-36(55(93-35(31)16-30)26-13-33(67)43(72)34(68)14-26)94-61-53(82)49(78)44(73)37(96-61)19-87-42(71)18-41(69)70/h1-17,37-40,44-54,56,60-63,73-83H,18-22H2,(H6-,64,65,66,67,68,69,70,72,84,85)/p+1/t37-,38-,39-,40-,44-,45-,46-,47-,48+,49+,50+,51+,52-,53-,54-,56-,60-,61-,62+,63-/m1/s1. The summed E-state index contributed by atoms with van der Waals surface area (Å²) in [6.07, 6.45) is -40.2. The third-order valence-corrected chi connectivity index (χ3v) is 16.0. The van der Waals surface area contributed by atoms with E-state index in [9.17, 15) is 111 Å². The number of fused-ring (bicyclic) bond motifs is 1. The van der Waals surface area contributed by atoms with E-state index in [1.165, 1.54) is 72.8 Å². The molecule has 0 saturated carbocycles. The molecule has 0 radical (unpaired) electrons. The zero-order valence-corrected chi connectivity index (χ0v) is 50.8. The molecule has 0 aliphatic carbocycles. The van der Waals surface area contributed by atoms with E-state index in [4.69, 9.17) is 66.4 Å². The molecule has 0 amide bonds. The van der Waals surface area contributed by atoms with Crippen LogP contribution < -0.4 is 14.2 Å². The molecule has 0 spiro atoms. The van der Waals surface area contributed by atoms with Gasteiger partial charge in [0.15, 0.2) is 29.6 Å². The van der Waals surface area contributed by atoms with Crippen LogP contribution in [0, 0.1) is 0 Å². The molecule has 4 fully saturated rings. The largest absolute Gasteiger partial charge is 0.508 e. The molecular formula is C63H65O36+. The minimum absolute atomic E-state index is 0.0329. The van der Waals surface area contributed by atoms with Crippen LogP contribution in [0.4, 0.5) is 0 Å². The lowest BCUT2D eigenvalue weighted by Crippen LogP contribution is -2.65. The minimum Gasteiger partial charge on any atom is -0.508 e. The number of benzene rings is 5. The van der Waals surface area contributed by atoms with Gasteiger partial charge in [0.1, 0.15) is 159 Å². The Labute approximate surface area is 555 Å². The Morgan fingerprint density at radius 1 is 0.404 bits per heavy atom. The number of esters is 4. The van der Waals surface area contributed by atoms with Crippen LogP contribution in [0.3, 0.4) is 0 Å². The molecule has 5 heterocycles. The predicted octanol–water partition coefficient (Wildman–Crippen LogP) is -2.41. The van der Waals surface area contributed by atoms with E-state index in [0.717, 1.165) is 30.3 Å². The van der Waals surface area contributed by atoms with Gasteiger partial charge in [0, 0.05) is 24.3 Å². The van der Waals surface area contributed by atoms with Crippen LogP contribution in [0.2, 0.25) is 0 Å². The number of phenolic OH excluding ortho intramolecular Hbond substituents is 6. The molecule has 5 aromatic carbocycles. The predicted molar refractivity (Wildman–Crippen MR) is 317 cm³/mol. The normalized spacial score (nSPS) is 29.9. The van der Waals surface area contributed by atoms with Crippen molar-refractivity contribution in [2.24, 2.45) is 0 Å². The molecule has 18 N–H and O–H groups in total. The van der Waals surface area contributed by atoms with Crippen molar-refractivity contribution in [2.75, 3.05) is 26.4 Å². The Kier molecular flexibility index (Phi) is 22.4. The maximum absolute atomic E-state index is 13.6. The first kappa shape index (κ1) is 72.2. The number of carbonyl (C=O) groups excluding carboxylic acids is 4. The second-order valence-corrected chi connectivity index (χ2v) is 22.8. The van der Waals surface area contributed by atoms with E-state index in [-0.39, 0.29) is 44.9 Å². The Hall–Kier alpha value is -9.58. The van der Waals surface area contributed by atoms with Gasteiger partial charge < -0.3 is 149 Å². The fourth-order valence-corrected chi connectivity index (χ4v) is 10.5. The molecule has 36 nitrogen and oxygen atoms in total. The average Bonchev–Trinajstić information content (AvgIpc) is 0.769. The molecule has 4 saturated heterocycles. The topological polar surface area (TPSA) is 572 Å². The molecule has 6 aromatic rings. The number of hydrogen-bond donors (Lipinski definition) is 18. The summed E-state index contributed by atoms with van der Waals surface area (Å²) in [7, 11) is 0. The van der Waals surface area contributed by atoms with Crippen LogP contribution in [-0.2, 0) is 52.2 Å². The first-order valence-electron chi connectivity index (χ1n) is 29.8. The SMILES string of the molecule is O=C(O)CC(=O)OC[C@H]1O[C@@H](Oc2cc3c(O)cc(O[C@@H]4O[C@H](COC(=O)c5ccc(O[C@@H]6O[C@H](COC(=O)c7ccc(O)cc7)[C@@H](O)[C@H](O)[C@H]6O)cc5)[C@@H](O)[C@H](O)[C@H]4O[C@@H]4O[C@H](COC(=O)c5ccc(O)cc5)[C@@H](O)[C@H](O)[C@H]4O)cc3[o+]c2-c2cc(O)c(O)c(O)c2)[C@H](O)[C@@H](O)[C@@H]1O. The van der Waals surface area contributed by atoms with Crippen molar-refractivity contribution in [3.05, 3.63) is 120 Å². The first-order chi connectivity index (χ1) is 47.0. The number of ether oxygens (including phenoxy) is 12. The fourth-order valence-electron chi connectivity index (χ4n) is 10.5. The molecular weight excluding hydrogens is 1330 g/mol. The van der Waals surface area contributed by atoms with Gasteiger partial charge >= 0.3 is 41.2 Å². The number of carbonyl (C=O) groups is 5. The van der Waals surface area contributed by atoms with Crippen molar-refractivity contribution >= 4 is 40.8 Å². The van der Waals surface area contributed by atoms with Crippen LogP contribution in [0.15, 0.2) is 108 Å². The Bertz CT molecular complexity index is 3830. The van der Waals surface area contributed by atoms with Crippen molar-refractivity contribution in [2.45, 2.75) is 129 Å². The highest BCUT2D eigenvalue weighted by molar-refractivity contribution is 5.92. The van der Waals surface area contributed by atoms with E-state index in [0.29, 0.717) is 0 Å². The van der Waals surface area contributed by atoms with Crippen LogP contribution in [-0.4, -0.2) is 271 Å². The highest BCUT2D eigenvalue weighted by Gasteiger charge is 2.53. The minimum atomic E-state index is -2.24. The van der Waals surface area contributed by atoms with Gasteiger partial charge in [-0.3, -0.25) is 9.59 Å². The van der Waals surface area contributed by atoms with E-state index in [1.54, 1.807) is 0 Å². The maximum atomic E-state index is 13.6. The third kappa shape index (κ3) is 16.4. The second kappa shape index (κ2) is 30.7. The quantitative estimate of drug-likeness (QED) is 0.0111. The fraction of sp³-hybridized carbons (Fsp3) is 0.397. The lowest BCUT2D eigenvalue weighted by Gasteiger charge is -2.46. The number of phenols is 6. The van der Waals surface area contributed by atoms with E-state index < -0.39 is 231 Å². The highest BCUT2D eigenvalue weighted by Crippen LogP contribution is 2.46. The van der Waals surface area contributed by atoms with Gasteiger partial charge in [-0.15, -0.1) is 0 Å². The summed E-state index contributed by atoms with van der Waals surface area (Å²) >= 11 is 0. The number of carboxylic acid groups (broad SMARTS) is 1. The summed E-state index contributed by atoms with van der Waals surface area (Å²) in [4.78, 5) is 62.2. The molecule has 532 valence electrons. The molecule has 4 aliphatic heterocycles. The number of rotatable bonds is 22. The van der Waals surface area contributed by atoms with Gasteiger partial charge in [-0.25, -0.2) is 18.8 Å². The molecule has 1 aromatic heterocycles. The average molecular weight is 1400 g/mol. The maximum Gasteiger partial charge on any atom is 0.402 e. The first-order valence-corrected chi connectivity index (χ1v) is 29.8. The summed E-state index contributed by atoms with van der Waals surface area (Å²) in [6.45, 7) is -3.25. The van der Waals surface area contributed by atoms with Crippen molar-refractivity contribution in [1.82, 2.24) is 0 Å². The Morgan fingerprint density at radius 2 is 0.808 bits per heavy atom. The number of aromatic hydroxyl groups is 6. The molecule has 4 aliphatic rings. The lowest BCUT2D eigenvalue weighted by atomic mass is 9.97. The van der Waals surface area contributed by atoms with Crippen LogP contribution in [0.25, 0.3) is 22.3 Å². The van der Waals surface area contributed by atoms with E-state index >= 15 is 0 Å². The molecule has 99 heavy (non-hydrogen) atoms. The summed E-state index contributed by atoms with van der Waals surface area (Å²) in [6, 6.07) is 19.2. The van der Waals surface area contributed by atoms with Crippen molar-refractivity contribution in [1.29, 1.82) is 0 Å². The van der Waals surface area contributed by atoms with Gasteiger partial charge in [-0.2, -0.15) is 0 Å². The lowest BCUT2D eigenvalue weighted by molar-refractivity contribution is -0.357. The van der Waals surface area contributed by atoms with Crippen molar-refractivity contribution in [3.63, 3.8) is 0 Å². The summed E-state index contributed by atoms with van der Waals surface area (Å²) in [5, 5.41) is 192. The van der Waals surface area contributed by atoms with Gasteiger partial charge in [0.25, 0.3) is 0 Å². The number of aliphatic carboxylic acids is 1. The van der Waals surface area contributed by atoms with E-state index in [1.807, 2.05) is 0 Å². The number of carboxylic acids is 1. The highest BCUT2D eigenvalue weighted by atomic mass is 16.8. The van der Waals surface area contributed by atoms with Crippen LogP contribution in [0.1, 0.15) is 37.5 Å². The van der Waals surface area contributed by atoms with Gasteiger partial charge in [-0.1, -0.05) is 0 Å². The number of hydrogen-bond acceptors (Lipinski definition) is 34. The smallest absolute Gasteiger partial charge is 0.402 e. The second-order valence-electron chi connectivity index (χ2n) is 22.8. The van der Waals surface area contributed by atoms with Crippen molar-refractivity contribution in [3.8, 4) is 63.1 Å². The van der Waals surface area contributed by atoms with Crippen LogP contribution >= 0.6 is 0 Å². The van der Waals surface area contributed by atoms with Gasteiger partial charge in [-0.05, 0) is 72.8 Å². The summed E-state index contributed by atoms with van der Waals surface area (Å²) in [5.41, 5.74) is -0.977. The molecule has 0 bridgehead atoms. The molecule has 36 heteroatoms. The zero-order chi connectivity index (χ0) is 71.4. The Balaban J connectivity index is 0.901. The zero-order valence-electron chi connectivity index (χ0n) is 50.8. The molecule has 0 unspecified atom stereocenters. The van der Waals surface area contributed by atoms with E-state index in [2.05, 4.69) is 0 Å². The molecule has 20 atom stereocenters. The third-order valence-electron chi connectivity index (χ3n) is 16.0. The molecule has 10 rings (SSSR count).